The number of H-pyrrole nitrogens is 2. The van der Waals surface area contributed by atoms with Crippen LogP contribution in [0.15, 0.2) is 48.5 Å². The van der Waals surface area contributed by atoms with E-state index < -0.39 is 0 Å². The number of esters is 2. The van der Waals surface area contributed by atoms with Crippen molar-refractivity contribution >= 4 is 45.2 Å². The quantitative estimate of drug-likeness (QED) is 0.172. The van der Waals surface area contributed by atoms with Gasteiger partial charge in [-0.3, -0.25) is 14.6 Å². The molecule has 0 saturated heterocycles. The van der Waals surface area contributed by atoms with Gasteiger partial charge in [-0.15, -0.1) is 0 Å². The predicted molar refractivity (Wildman–Crippen MR) is 201 cm³/mol. The lowest BCUT2D eigenvalue weighted by molar-refractivity contribution is -0.141. The van der Waals surface area contributed by atoms with Crippen LogP contribution in [-0.4, -0.2) is 46.1 Å². The molecule has 4 aromatic rings. The minimum atomic E-state index is -0.211. The second kappa shape index (κ2) is 14.1. The van der Waals surface area contributed by atoms with Gasteiger partial charge in [0.2, 0.25) is 0 Å². The van der Waals surface area contributed by atoms with E-state index >= 15 is 0 Å². The first-order chi connectivity index (χ1) is 23.9. The first-order valence-corrected chi connectivity index (χ1v) is 17.5. The van der Waals surface area contributed by atoms with Gasteiger partial charge < -0.3 is 19.4 Å². The minimum absolute atomic E-state index is 0.209. The van der Waals surface area contributed by atoms with Crippen molar-refractivity contribution < 1.29 is 19.1 Å². The average molecular weight is 673 g/mol. The number of ether oxygens (including phenoxy) is 2. The van der Waals surface area contributed by atoms with Crippen molar-refractivity contribution in [3.8, 4) is 11.1 Å². The lowest BCUT2D eigenvalue weighted by atomic mass is 9.85. The molecule has 8 bridgehead atoms. The number of hydrogen-bond donors (Lipinski definition) is 2. The van der Waals surface area contributed by atoms with Crippen molar-refractivity contribution in [2.75, 3.05) is 14.2 Å². The molecule has 0 radical (unpaired) electrons. The van der Waals surface area contributed by atoms with Gasteiger partial charge in [0, 0.05) is 58.0 Å². The molecule has 3 aromatic heterocycles. The number of aryl methyl sites for hydroxylation is 4. The number of benzene rings is 1. The fourth-order valence-electron chi connectivity index (χ4n) is 7.28. The molecule has 5 heterocycles. The van der Waals surface area contributed by atoms with Gasteiger partial charge in [0.15, 0.2) is 0 Å². The Balaban J connectivity index is 1.71. The summed E-state index contributed by atoms with van der Waals surface area (Å²) in [5, 5.41) is 0. The number of methoxy groups -OCH3 is 2. The molecule has 6 rings (SSSR count). The first kappa shape index (κ1) is 34.9. The predicted octanol–water partition coefficient (Wildman–Crippen LogP) is 9.06. The molecule has 8 nitrogen and oxygen atoms in total. The highest BCUT2D eigenvalue weighted by atomic mass is 16.5. The number of carbonyl (C=O) groups excluding carboxylic acids is 2. The zero-order valence-corrected chi connectivity index (χ0v) is 30.6. The zero-order chi connectivity index (χ0) is 35.7. The molecule has 0 unspecified atom stereocenters. The third-order valence-electron chi connectivity index (χ3n) is 10.5. The molecule has 0 amide bonds. The largest absolute Gasteiger partial charge is 0.469 e. The van der Waals surface area contributed by atoms with Crippen molar-refractivity contribution in [2.24, 2.45) is 0 Å². The Labute approximate surface area is 294 Å². The Morgan fingerprint density at radius 1 is 0.740 bits per heavy atom. The van der Waals surface area contributed by atoms with Gasteiger partial charge in [-0.05, 0) is 111 Å². The molecule has 2 aliphatic rings. The molecule has 0 spiro atoms. The summed E-state index contributed by atoms with van der Waals surface area (Å²) in [6.07, 6.45) is 4.24. The van der Waals surface area contributed by atoms with E-state index in [1.165, 1.54) is 14.2 Å². The number of hydrogen-bond acceptors (Lipinski definition) is 6. The normalized spacial score (nSPS) is 13.8. The summed E-state index contributed by atoms with van der Waals surface area (Å²) in [7, 11) is 2.86. The van der Waals surface area contributed by atoms with Crippen LogP contribution in [0.3, 0.4) is 0 Å². The van der Waals surface area contributed by atoms with E-state index in [0.29, 0.717) is 38.5 Å². The summed E-state index contributed by atoms with van der Waals surface area (Å²) in [4.78, 5) is 42.3. The molecular formula is C42H48N4O4. The van der Waals surface area contributed by atoms with Crippen LogP contribution in [0.25, 0.3) is 44.3 Å². The average Bonchev–Trinajstić information content (AvgIpc) is 3.75. The maximum Gasteiger partial charge on any atom is 0.305 e. The third kappa shape index (κ3) is 6.76. The van der Waals surface area contributed by atoms with Gasteiger partial charge in [0.25, 0.3) is 0 Å². The SMILES string of the molecule is COC(=O)CCCc1c(C)c2cc3nc(c(-c4ccccc4)c4nc(cc5[nH]c(cc1[nH]2)c(CCCC(=O)OC)c5C)C(C)(C)C4)C(C)=C3C. The van der Waals surface area contributed by atoms with Gasteiger partial charge >= 0.3 is 11.9 Å². The Hall–Kier alpha value is -4.98. The minimum Gasteiger partial charge on any atom is -0.469 e. The van der Waals surface area contributed by atoms with Gasteiger partial charge in [-0.2, -0.15) is 0 Å². The Bertz CT molecular complexity index is 2170. The molecule has 8 heteroatoms. The van der Waals surface area contributed by atoms with E-state index in [4.69, 9.17) is 19.4 Å². The number of fused-ring (bicyclic) bond motifs is 8. The molecule has 1 aromatic carbocycles. The molecule has 2 N–H and O–H groups in total. The van der Waals surface area contributed by atoms with Crippen LogP contribution in [0.5, 0.6) is 0 Å². The van der Waals surface area contributed by atoms with Gasteiger partial charge in [0.1, 0.15) is 0 Å². The van der Waals surface area contributed by atoms with E-state index in [0.717, 1.165) is 95.8 Å². The van der Waals surface area contributed by atoms with E-state index in [9.17, 15) is 9.59 Å². The van der Waals surface area contributed by atoms with Crippen LogP contribution < -0.4 is 0 Å². The highest BCUT2D eigenvalue weighted by Gasteiger charge is 2.32. The second-order valence-corrected chi connectivity index (χ2v) is 14.2. The van der Waals surface area contributed by atoms with Crippen molar-refractivity contribution in [3.05, 3.63) is 93.6 Å². The highest BCUT2D eigenvalue weighted by Crippen LogP contribution is 2.41. The second-order valence-electron chi connectivity index (χ2n) is 14.2. The Kier molecular flexibility index (Phi) is 9.83. The lowest BCUT2D eigenvalue weighted by Crippen LogP contribution is -2.15. The monoisotopic (exact) mass is 672 g/mol. The molecule has 0 saturated carbocycles. The van der Waals surface area contributed by atoms with Crippen LogP contribution >= 0.6 is 0 Å². The van der Waals surface area contributed by atoms with E-state index in [2.05, 4.69) is 94.0 Å². The number of carbonyl (C=O) groups is 2. The zero-order valence-electron chi connectivity index (χ0n) is 30.6. The summed E-state index contributed by atoms with van der Waals surface area (Å²) in [5.74, 6) is -0.420. The summed E-state index contributed by atoms with van der Waals surface area (Å²) < 4.78 is 9.88. The van der Waals surface area contributed by atoms with Crippen LogP contribution in [0.1, 0.15) is 98.4 Å². The topological polar surface area (TPSA) is 110 Å². The van der Waals surface area contributed by atoms with Crippen molar-refractivity contribution in [1.82, 2.24) is 19.9 Å². The fourth-order valence-corrected chi connectivity index (χ4v) is 7.28. The third-order valence-corrected chi connectivity index (χ3v) is 10.5. The molecule has 0 aliphatic carbocycles. The number of nitrogens with one attached hydrogen (secondary N) is 2. The van der Waals surface area contributed by atoms with Crippen molar-refractivity contribution in [1.29, 1.82) is 0 Å². The number of aromatic nitrogens is 4. The van der Waals surface area contributed by atoms with Crippen molar-refractivity contribution in [2.45, 2.75) is 91.9 Å². The van der Waals surface area contributed by atoms with E-state index in [1.54, 1.807) is 0 Å². The summed E-state index contributed by atoms with van der Waals surface area (Å²) in [6, 6.07) is 17.0. The molecule has 0 fully saturated rings. The fraction of sp³-hybridized carbons (Fsp3) is 0.381. The Morgan fingerprint density at radius 2 is 1.30 bits per heavy atom. The lowest BCUT2D eigenvalue weighted by Gasteiger charge is -2.17. The van der Waals surface area contributed by atoms with Crippen LogP contribution in [0, 0.1) is 13.8 Å². The highest BCUT2D eigenvalue weighted by molar-refractivity contribution is 5.96. The summed E-state index contributed by atoms with van der Waals surface area (Å²) in [5.41, 5.74) is 16.7. The van der Waals surface area contributed by atoms with Crippen molar-refractivity contribution in [3.63, 3.8) is 0 Å². The maximum absolute atomic E-state index is 12.1. The summed E-state index contributed by atoms with van der Waals surface area (Å²) >= 11 is 0. The number of rotatable bonds is 9. The molecule has 0 atom stereocenters. The number of aromatic amines is 2. The van der Waals surface area contributed by atoms with Crippen LogP contribution in [-0.2, 0) is 43.7 Å². The number of nitrogens with zero attached hydrogens (tertiary/aromatic N) is 2. The molecule has 260 valence electrons. The number of allylic oxidation sites excluding steroid dienone is 2. The van der Waals surface area contributed by atoms with Crippen LogP contribution in [0.4, 0.5) is 0 Å². The molecule has 50 heavy (non-hydrogen) atoms. The standard InChI is InChI=1S/C42H48N4O4/c1-24-25(2)41-40(28-14-10-9-11-15-28)36-23-42(5,6)37(45-36)22-33-27(4)30(17-13-19-39(48)50-8)35(44-33)21-34-29(16-12-18-38(47)49-7)26(3)32(43-34)20-31(24)46-41/h9-11,14-15,20-22,43-44H,12-13,16-19,23H2,1-8H3. The Morgan fingerprint density at radius 3 is 1.86 bits per heavy atom. The van der Waals surface area contributed by atoms with Gasteiger partial charge in [-0.1, -0.05) is 44.2 Å². The smallest absolute Gasteiger partial charge is 0.305 e. The maximum atomic E-state index is 12.1. The summed E-state index contributed by atoms with van der Waals surface area (Å²) in [6.45, 7) is 13.1. The molecule has 2 aliphatic heterocycles. The molecular weight excluding hydrogens is 624 g/mol. The first-order valence-electron chi connectivity index (χ1n) is 17.5. The van der Waals surface area contributed by atoms with E-state index in [-0.39, 0.29) is 17.4 Å². The van der Waals surface area contributed by atoms with E-state index in [1.807, 2.05) is 6.07 Å². The van der Waals surface area contributed by atoms with Gasteiger partial charge in [-0.25, -0.2) is 4.98 Å². The van der Waals surface area contributed by atoms with Gasteiger partial charge in [0.05, 0.1) is 31.3 Å². The van der Waals surface area contributed by atoms with Crippen LogP contribution in [0.2, 0.25) is 0 Å².